The highest BCUT2D eigenvalue weighted by atomic mass is 16.5. The van der Waals surface area contributed by atoms with Crippen LogP contribution < -0.4 is 10.1 Å². The smallest absolute Gasteiger partial charge is 0.244 e. The third-order valence-corrected chi connectivity index (χ3v) is 3.49. The lowest BCUT2D eigenvalue weighted by molar-refractivity contribution is -0.124. The van der Waals surface area contributed by atoms with Gasteiger partial charge in [-0.25, -0.2) is 0 Å². The van der Waals surface area contributed by atoms with Gasteiger partial charge < -0.3 is 10.1 Å². The van der Waals surface area contributed by atoms with Gasteiger partial charge in [0.25, 0.3) is 0 Å². The fourth-order valence-corrected chi connectivity index (χ4v) is 2.05. The van der Waals surface area contributed by atoms with Crippen LogP contribution in [-0.2, 0) is 4.79 Å². The van der Waals surface area contributed by atoms with Crippen molar-refractivity contribution in [2.75, 3.05) is 13.7 Å². The summed E-state index contributed by atoms with van der Waals surface area (Å²) in [5.41, 5.74) is 2.02. The van der Waals surface area contributed by atoms with Gasteiger partial charge in [-0.05, 0) is 30.5 Å². The van der Waals surface area contributed by atoms with Crippen molar-refractivity contribution >= 4 is 5.91 Å². The lowest BCUT2D eigenvalue weighted by Gasteiger charge is -2.13. The molecule has 0 saturated carbocycles. The molecule has 1 N–H and O–H groups in total. The first-order chi connectivity index (χ1) is 10.5. The molecule has 1 aromatic heterocycles. The largest absolute Gasteiger partial charge is 0.497 e. The van der Waals surface area contributed by atoms with Gasteiger partial charge in [0.1, 0.15) is 11.8 Å². The predicted molar refractivity (Wildman–Crippen MR) is 86.8 cm³/mol. The van der Waals surface area contributed by atoms with Crippen molar-refractivity contribution in [3.8, 4) is 16.9 Å². The molecule has 0 aliphatic carbocycles. The number of rotatable bonds is 6. The molecule has 2 rings (SSSR count). The second-order valence-corrected chi connectivity index (χ2v) is 5.75. The maximum atomic E-state index is 12.1. The number of carbonyl (C=O) groups excluding carboxylic acids is 1. The van der Waals surface area contributed by atoms with E-state index in [1.54, 1.807) is 18.0 Å². The van der Waals surface area contributed by atoms with Crippen LogP contribution in [0.4, 0.5) is 0 Å². The number of nitrogens with one attached hydrogen (secondary N) is 1. The summed E-state index contributed by atoms with van der Waals surface area (Å²) in [6, 6.07) is 7.44. The van der Waals surface area contributed by atoms with Crippen LogP contribution in [0.1, 0.15) is 26.8 Å². The van der Waals surface area contributed by atoms with Gasteiger partial charge in [0.15, 0.2) is 0 Å². The summed E-state index contributed by atoms with van der Waals surface area (Å²) < 4.78 is 6.84. The molecule has 0 aliphatic heterocycles. The number of carbonyl (C=O) groups is 1. The number of benzene rings is 1. The summed E-state index contributed by atoms with van der Waals surface area (Å²) in [5.74, 6) is 1.24. The number of ether oxygens (including phenoxy) is 1. The summed E-state index contributed by atoms with van der Waals surface area (Å²) >= 11 is 0. The Balaban J connectivity index is 2.08. The predicted octanol–water partition coefficient (Wildman–Crippen LogP) is 2.89. The minimum atomic E-state index is -0.328. The van der Waals surface area contributed by atoms with E-state index in [0.717, 1.165) is 16.9 Å². The van der Waals surface area contributed by atoms with E-state index in [1.165, 1.54) is 0 Å². The Hall–Kier alpha value is -2.30. The number of aromatic nitrogens is 2. The van der Waals surface area contributed by atoms with Crippen LogP contribution in [-0.4, -0.2) is 29.3 Å². The van der Waals surface area contributed by atoms with Crippen LogP contribution in [0.25, 0.3) is 11.1 Å². The van der Waals surface area contributed by atoms with Crippen LogP contribution in [0.5, 0.6) is 5.75 Å². The average Bonchev–Trinajstić information content (AvgIpc) is 3.01. The third kappa shape index (κ3) is 3.87. The Morgan fingerprint density at radius 1 is 1.23 bits per heavy atom. The van der Waals surface area contributed by atoms with E-state index in [2.05, 4.69) is 24.3 Å². The molecule has 1 atom stereocenters. The van der Waals surface area contributed by atoms with Gasteiger partial charge in [-0.15, -0.1) is 0 Å². The first kappa shape index (κ1) is 16.1. The van der Waals surface area contributed by atoms with Gasteiger partial charge in [-0.2, -0.15) is 5.10 Å². The highest BCUT2D eigenvalue weighted by molar-refractivity contribution is 5.80. The molecule has 1 unspecified atom stereocenters. The Kier molecular flexibility index (Phi) is 5.20. The molecule has 0 radical (unpaired) electrons. The lowest BCUT2D eigenvalue weighted by atomic mass is 10.1. The van der Waals surface area contributed by atoms with E-state index in [9.17, 15) is 4.79 Å². The summed E-state index contributed by atoms with van der Waals surface area (Å²) in [5, 5.41) is 7.24. The number of nitrogens with zero attached hydrogens (tertiary/aromatic N) is 2. The molecule has 5 heteroatoms. The van der Waals surface area contributed by atoms with Gasteiger partial charge >= 0.3 is 0 Å². The van der Waals surface area contributed by atoms with Crippen molar-refractivity contribution in [1.82, 2.24) is 15.1 Å². The topological polar surface area (TPSA) is 56.2 Å². The van der Waals surface area contributed by atoms with Gasteiger partial charge in [0.2, 0.25) is 5.91 Å². The van der Waals surface area contributed by atoms with Crippen molar-refractivity contribution < 1.29 is 9.53 Å². The third-order valence-electron chi connectivity index (χ3n) is 3.49. The number of hydrogen-bond donors (Lipinski definition) is 1. The highest BCUT2D eigenvalue weighted by Crippen LogP contribution is 2.22. The Bertz CT molecular complexity index is 617. The van der Waals surface area contributed by atoms with E-state index in [-0.39, 0.29) is 11.9 Å². The van der Waals surface area contributed by atoms with Gasteiger partial charge in [0, 0.05) is 18.3 Å². The average molecular weight is 301 g/mol. The minimum Gasteiger partial charge on any atom is -0.497 e. The zero-order chi connectivity index (χ0) is 16.1. The molecule has 0 bridgehead atoms. The van der Waals surface area contributed by atoms with E-state index < -0.39 is 0 Å². The maximum absolute atomic E-state index is 12.1. The molecule has 5 nitrogen and oxygen atoms in total. The number of hydrogen-bond acceptors (Lipinski definition) is 3. The zero-order valence-electron chi connectivity index (χ0n) is 13.5. The molecule has 1 amide bonds. The van der Waals surface area contributed by atoms with E-state index in [1.807, 2.05) is 37.4 Å². The van der Waals surface area contributed by atoms with Gasteiger partial charge in [-0.3, -0.25) is 9.48 Å². The number of methoxy groups -OCH3 is 1. The molecular weight excluding hydrogens is 278 g/mol. The normalized spacial score (nSPS) is 12.2. The fraction of sp³-hybridized carbons (Fsp3) is 0.412. The second-order valence-electron chi connectivity index (χ2n) is 5.75. The fourth-order valence-electron chi connectivity index (χ4n) is 2.05. The molecule has 2 aromatic rings. The standard InChI is InChI=1S/C17H23N3O2/c1-12(2)9-18-17(21)13(3)20-11-15(10-19-20)14-5-7-16(22-4)8-6-14/h5-8,10-13H,9H2,1-4H3,(H,18,21). The van der Waals surface area contributed by atoms with Crippen LogP contribution in [0.3, 0.4) is 0 Å². The first-order valence-corrected chi connectivity index (χ1v) is 7.47. The second kappa shape index (κ2) is 7.11. The van der Waals surface area contributed by atoms with Crippen molar-refractivity contribution in [2.24, 2.45) is 5.92 Å². The Morgan fingerprint density at radius 3 is 2.50 bits per heavy atom. The zero-order valence-corrected chi connectivity index (χ0v) is 13.5. The van der Waals surface area contributed by atoms with Crippen LogP contribution in [0.2, 0.25) is 0 Å². The van der Waals surface area contributed by atoms with E-state index in [0.29, 0.717) is 12.5 Å². The molecule has 22 heavy (non-hydrogen) atoms. The van der Waals surface area contributed by atoms with Crippen molar-refractivity contribution in [2.45, 2.75) is 26.8 Å². The van der Waals surface area contributed by atoms with Gasteiger partial charge in [0.05, 0.1) is 13.3 Å². The molecule has 0 aliphatic rings. The Labute approximate surface area is 131 Å². The summed E-state index contributed by atoms with van der Waals surface area (Å²) in [6.45, 7) is 6.66. The van der Waals surface area contributed by atoms with Crippen LogP contribution in [0, 0.1) is 5.92 Å². The minimum absolute atomic E-state index is 0.0157. The van der Waals surface area contributed by atoms with Gasteiger partial charge in [-0.1, -0.05) is 26.0 Å². The van der Waals surface area contributed by atoms with Crippen molar-refractivity contribution in [3.63, 3.8) is 0 Å². The quantitative estimate of drug-likeness (QED) is 0.892. The van der Waals surface area contributed by atoms with Crippen molar-refractivity contribution in [1.29, 1.82) is 0 Å². The SMILES string of the molecule is COc1ccc(-c2cnn(C(C)C(=O)NCC(C)C)c2)cc1. The van der Waals surface area contributed by atoms with Crippen molar-refractivity contribution in [3.05, 3.63) is 36.7 Å². The molecular formula is C17H23N3O2. The molecule has 1 aromatic carbocycles. The summed E-state index contributed by atoms with van der Waals surface area (Å²) in [4.78, 5) is 12.1. The summed E-state index contributed by atoms with van der Waals surface area (Å²) in [6.07, 6.45) is 3.66. The van der Waals surface area contributed by atoms with E-state index in [4.69, 9.17) is 4.74 Å². The molecule has 1 heterocycles. The molecule has 0 fully saturated rings. The molecule has 0 spiro atoms. The number of amides is 1. The van der Waals surface area contributed by atoms with E-state index >= 15 is 0 Å². The van der Waals surface area contributed by atoms with Crippen LogP contribution >= 0.6 is 0 Å². The highest BCUT2D eigenvalue weighted by Gasteiger charge is 2.16. The maximum Gasteiger partial charge on any atom is 0.244 e. The Morgan fingerprint density at radius 2 is 1.91 bits per heavy atom. The monoisotopic (exact) mass is 301 g/mol. The molecule has 0 saturated heterocycles. The van der Waals surface area contributed by atoms with Crippen LogP contribution in [0.15, 0.2) is 36.7 Å². The summed E-state index contributed by atoms with van der Waals surface area (Å²) in [7, 11) is 1.64. The lowest BCUT2D eigenvalue weighted by Crippen LogP contribution is -2.33. The molecule has 118 valence electrons. The first-order valence-electron chi connectivity index (χ1n) is 7.47.